The largest absolute Gasteiger partial charge is 0.463 e. The van der Waals surface area contributed by atoms with Crippen LogP contribution >= 0.6 is 0 Å². The van der Waals surface area contributed by atoms with E-state index in [0.717, 1.165) is 32.3 Å². The standard InChI is InChI=1S/C29H56O10/c1-2-3-4-5-6-7-8-11-28(30)37-26-24-35-22-20-33-18-16-31-14-15-32-17-19-34-21-23-36-25-27-39-29-12-9-10-13-38-29/h29H,2-27H2,1H3. The Hall–Kier alpha value is -0.850. The number of rotatable bonds is 30. The quantitative estimate of drug-likeness (QED) is 0.0927. The lowest BCUT2D eigenvalue weighted by Gasteiger charge is -2.22. The lowest BCUT2D eigenvalue weighted by molar-refractivity contribution is -0.169. The van der Waals surface area contributed by atoms with E-state index in [-0.39, 0.29) is 12.3 Å². The fraction of sp³-hybridized carbons (Fsp3) is 0.966. The van der Waals surface area contributed by atoms with Gasteiger partial charge >= 0.3 is 5.97 Å². The summed E-state index contributed by atoms with van der Waals surface area (Å²) in [6, 6.07) is 0. The van der Waals surface area contributed by atoms with Gasteiger partial charge in [-0.3, -0.25) is 4.79 Å². The van der Waals surface area contributed by atoms with Crippen molar-refractivity contribution in [1.29, 1.82) is 0 Å². The van der Waals surface area contributed by atoms with Gasteiger partial charge in [-0.2, -0.15) is 0 Å². The molecule has 1 aliphatic heterocycles. The van der Waals surface area contributed by atoms with Gasteiger partial charge in [0.25, 0.3) is 0 Å². The maximum absolute atomic E-state index is 11.7. The number of carbonyl (C=O) groups excluding carboxylic acids is 1. The molecule has 0 bridgehead atoms. The van der Waals surface area contributed by atoms with E-state index in [4.69, 9.17) is 42.6 Å². The van der Waals surface area contributed by atoms with Crippen LogP contribution in [0.2, 0.25) is 0 Å². The molecule has 1 unspecified atom stereocenters. The second-order valence-electron chi connectivity index (χ2n) is 9.43. The Kier molecular flexibility index (Phi) is 27.9. The highest BCUT2D eigenvalue weighted by Gasteiger charge is 2.13. The van der Waals surface area contributed by atoms with E-state index < -0.39 is 0 Å². The lowest BCUT2D eigenvalue weighted by atomic mass is 10.1. The average Bonchev–Trinajstić information content (AvgIpc) is 2.95. The van der Waals surface area contributed by atoms with E-state index in [1.807, 2.05) is 0 Å². The first kappa shape index (κ1) is 36.2. The maximum Gasteiger partial charge on any atom is 0.305 e. The zero-order chi connectivity index (χ0) is 27.9. The number of ether oxygens (including phenoxy) is 9. The molecule has 1 saturated heterocycles. The van der Waals surface area contributed by atoms with Crippen molar-refractivity contribution in [3.05, 3.63) is 0 Å². The molecule has 1 fully saturated rings. The summed E-state index contributed by atoms with van der Waals surface area (Å²) in [5.74, 6) is -0.135. The molecule has 0 aromatic rings. The first-order chi connectivity index (χ1) is 19.3. The number of hydrogen-bond acceptors (Lipinski definition) is 10. The molecule has 10 nitrogen and oxygen atoms in total. The van der Waals surface area contributed by atoms with Crippen molar-refractivity contribution in [3.63, 3.8) is 0 Å². The molecule has 0 N–H and O–H groups in total. The van der Waals surface area contributed by atoms with Crippen LogP contribution < -0.4 is 0 Å². The van der Waals surface area contributed by atoms with Crippen LogP contribution in [0.4, 0.5) is 0 Å². The van der Waals surface area contributed by atoms with Gasteiger partial charge in [0, 0.05) is 13.0 Å². The fourth-order valence-electron chi connectivity index (χ4n) is 3.80. The molecule has 0 saturated carbocycles. The highest BCUT2D eigenvalue weighted by atomic mass is 16.7. The van der Waals surface area contributed by atoms with Crippen molar-refractivity contribution in [3.8, 4) is 0 Å². The second kappa shape index (κ2) is 30.1. The van der Waals surface area contributed by atoms with Gasteiger partial charge in [0.1, 0.15) is 6.61 Å². The van der Waals surface area contributed by atoms with E-state index in [1.165, 1.54) is 38.5 Å². The zero-order valence-corrected chi connectivity index (χ0v) is 24.5. The van der Waals surface area contributed by atoms with Gasteiger partial charge in [-0.1, -0.05) is 45.4 Å². The topological polar surface area (TPSA) is 100 Å². The summed E-state index contributed by atoms with van der Waals surface area (Å²) >= 11 is 0. The summed E-state index contributed by atoms with van der Waals surface area (Å²) in [5.41, 5.74) is 0. The monoisotopic (exact) mass is 564 g/mol. The molecule has 232 valence electrons. The summed E-state index contributed by atoms with van der Waals surface area (Å²) in [5, 5.41) is 0. The van der Waals surface area contributed by atoms with Crippen molar-refractivity contribution in [2.75, 3.05) is 99.1 Å². The molecular formula is C29H56O10. The summed E-state index contributed by atoms with van der Waals surface area (Å²) in [4.78, 5) is 11.7. The molecular weight excluding hydrogens is 508 g/mol. The van der Waals surface area contributed by atoms with Gasteiger partial charge < -0.3 is 42.6 Å². The third-order valence-electron chi connectivity index (χ3n) is 6.00. The molecule has 0 spiro atoms. The minimum Gasteiger partial charge on any atom is -0.463 e. The van der Waals surface area contributed by atoms with E-state index >= 15 is 0 Å². The first-order valence-corrected chi connectivity index (χ1v) is 15.2. The lowest BCUT2D eigenvalue weighted by Crippen LogP contribution is -2.24. The number of esters is 1. The highest BCUT2D eigenvalue weighted by Crippen LogP contribution is 2.13. The van der Waals surface area contributed by atoms with Crippen LogP contribution in [-0.2, 0) is 47.4 Å². The van der Waals surface area contributed by atoms with Crippen molar-refractivity contribution >= 4 is 5.97 Å². The summed E-state index contributed by atoms with van der Waals surface area (Å²) < 4.78 is 49.0. The molecule has 1 aliphatic rings. The van der Waals surface area contributed by atoms with Gasteiger partial charge in [0.05, 0.1) is 85.9 Å². The third kappa shape index (κ3) is 27.1. The first-order valence-electron chi connectivity index (χ1n) is 15.2. The molecule has 0 radical (unpaired) electrons. The summed E-state index contributed by atoms with van der Waals surface area (Å²) in [6.07, 6.45) is 12.0. The van der Waals surface area contributed by atoms with Crippen molar-refractivity contribution in [2.24, 2.45) is 0 Å². The summed E-state index contributed by atoms with van der Waals surface area (Å²) in [7, 11) is 0. The Morgan fingerprint density at radius 1 is 0.590 bits per heavy atom. The van der Waals surface area contributed by atoms with Crippen LogP contribution in [0.15, 0.2) is 0 Å². The minimum absolute atomic E-state index is 0.0635. The SMILES string of the molecule is CCCCCCCCCC(=O)OCCOCCOCCOCCOCCOCCOCCOC1CCCCO1. The average molecular weight is 565 g/mol. The van der Waals surface area contributed by atoms with Gasteiger partial charge in [-0.15, -0.1) is 0 Å². The molecule has 0 amide bonds. The molecule has 1 heterocycles. The van der Waals surface area contributed by atoms with E-state index in [1.54, 1.807) is 0 Å². The van der Waals surface area contributed by atoms with Crippen LogP contribution in [0.3, 0.4) is 0 Å². The third-order valence-corrected chi connectivity index (χ3v) is 6.00. The Morgan fingerprint density at radius 3 is 1.54 bits per heavy atom. The molecule has 1 rings (SSSR count). The number of hydrogen-bond donors (Lipinski definition) is 0. The Morgan fingerprint density at radius 2 is 1.05 bits per heavy atom. The van der Waals surface area contributed by atoms with Gasteiger partial charge in [-0.05, 0) is 25.7 Å². The van der Waals surface area contributed by atoms with Crippen molar-refractivity contribution in [1.82, 2.24) is 0 Å². The number of unbranched alkanes of at least 4 members (excludes halogenated alkanes) is 6. The van der Waals surface area contributed by atoms with E-state index in [0.29, 0.717) is 98.9 Å². The Labute approximate surface area is 236 Å². The van der Waals surface area contributed by atoms with Crippen LogP contribution in [0.25, 0.3) is 0 Å². The van der Waals surface area contributed by atoms with Crippen LogP contribution in [-0.4, -0.2) is 111 Å². The van der Waals surface area contributed by atoms with Gasteiger partial charge in [0.2, 0.25) is 0 Å². The van der Waals surface area contributed by atoms with Crippen molar-refractivity contribution in [2.45, 2.75) is 83.8 Å². The normalized spacial score (nSPS) is 15.6. The predicted molar refractivity (Wildman–Crippen MR) is 148 cm³/mol. The Bertz CT molecular complexity index is 502. The minimum atomic E-state index is -0.135. The van der Waals surface area contributed by atoms with Crippen LogP contribution in [0.5, 0.6) is 0 Å². The molecule has 0 aromatic carbocycles. The van der Waals surface area contributed by atoms with E-state index in [9.17, 15) is 4.79 Å². The van der Waals surface area contributed by atoms with Crippen LogP contribution in [0, 0.1) is 0 Å². The van der Waals surface area contributed by atoms with E-state index in [2.05, 4.69) is 6.92 Å². The van der Waals surface area contributed by atoms with Gasteiger partial charge in [-0.25, -0.2) is 0 Å². The van der Waals surface area contributed by atoms with Crippen LogP contribution in [0.1, 0.15) is 77.6 Å². The summed E-state index contributed by atoms with van der Waals surface area (Å²) in [6.45, 7) is 9.88. The second-order valence-corrected chi connectivity index (χ2v) is 9.43. The molecule has 0 aliphatic carbocycles. The molecule has 1 atom stereocenters. The van der Waals surface area contributed by atoms with Gasteiger partial charge in [0.15, 0.2) is 6.29 Å². The van der Waals surface area contributed by atoms with Crippen molar-refractivity contribution < 1.29 is 47.4 Å². The predicted octanol–water partition coefficient (Wildman–Crippen LogP) is 4.31. The molecule has 10 heteroatoms. The zero-order valence-electron chi connectivity index (χ0n) is 24.5. The fourth-order valence-corrected chi connectivity index (χ4v) is 3.80. The maximum atomic E-state index is 11.7. The highest BCUT2D eigenvalue weighted by molar-refractivity contribution is 5.69. The Balaban J connectivity index is 1.65. The number of carbonyl (C=O) groups is 1. The molecule has 39 heavy (non-hydrogen) atoms. The smallest absolute Gasteiger partial charge is 0.305 e. The molecule has 0 aromatic heterocycles.